The van der Waals surface area contributed by atoms with Crippen LogP contribution >= 0.6 is 0 Å². The molecule has 0 aromatic rings. The maximum absolute atomic E-state index is 8.06. The third kappa shape index (κ3) is 9.51. The maximum atomic E-state index is 8.06. The fourth-order valence-corrected chi connectivity index (χ4v) is 0. The van der Waals surface area contributed by atoms with Crippen LogP contribution < -0.4 is 0 Å². The van der Waals surface area contributed by atoms with E-state index in [-0.39, 0.29) is 0 Å². The average molecular weight is 83.2 g/mol. The standard InChI is InChI=1S/C2H4O.K/c1-2-3;/h3H,1H3;. The third-order valence-corrected chi connectivity index (χ3v) is 0. The summed E-state index contributed by atoms with van der Waals surface area (Å²) in [4.78, 5) is 0. The second-order valence-electron chi connectivity index (χ2n) is 0.947. The van der Waals surface area contributed by atoms with Crippen LogP contribution in [0, 0.1) is 0.199 Å². The Bertz CT molecular complexity index is 10.8. The summed E-state index contributed by atoms with van der Waals surface area (Å²) in [6.45, 7) is 1.72. The first-order valence-corrected chi connectivity index (χ1v) is 2.79. The molecule has 0 aromatic heterocycles. The average Bonchev–Trinajstić information content (AvgIpc) is 0.811. The zero-order chi connectivity index (χ0) is 3.58. The Kier molecular flexibility index (Phi) is 3.94. The van der Waals surface area contributed by atoms with Gasteiger partial charge in [-0.3, -0.25) is 0 Å². The van der Waals surface area contributed by atoms with Crippen LogP contribution in [0.1, 0.15) is 6.92 Å². The van der Waals surface area contributed by atoms with Crippen molar-refractivity contribution in [3.05, 3.63) is 0.199 Å². The molecule has 0 aliphatic carbocycles. The predicted octanol–water partition coefficient (Wildman–Crippen LogP) is 0.0368. The molecule has 0 amide bonds. The Hall–Kier alpha value is 1.60. The molecule has 0 fully saturated rings. The van der Waals surface area contributed by atoms with Crippen molar-refractivity contribution in [1.82, 2.24) is 0 Å². The van der Waals surface area contributed by atoms with Crippen molar-refractivity contribution < 1.29 is 5.11 Å². The minimum atomic E-state index is 0.535. The molecule has 0 aliphatic rings. The van der Waals surface area contributed by atoms with Gasteiger partial charge in [-0.1, -0.05) is 0 Å². The zero-order valence-corrected chi connectivity index (χ0v) is 6.07. The fourth-order valence-electron chi connectivity index (χ4n) is 0. The Balaban J connectivity index is 2.32. The van der Waals surface area contributed by atoms with Gasteiger partial charge in [-0.15, -0.1) is 0 Å². The molecular weight excluding hydrogens is 79.1 g/mol. The molecular formula is C2H4KO. The third-order valence-electron chi connectivity index (χ3n) is 0. The zero-order valence-electron chi connectivity index (χ0n) is 2.95. The van der Waals surface area contributed by atoms with Gasteiger partial charge in [0.05, 0.1) is 0 Å². The van der Waals surface area contributed by atoms with Gasteiger partial charge < -0.3 is 0 Å². The molecule has 0 heterocycles. The topological polar surface area (TPSA) is 20.2 Å². The van der Waals surface area contributed by atoms with E-state index in [1.165, 1.54) is 0 Å². The van der Waals surface area contributed by atoms with E-state index >= 15 is 0 Å². The normalized spacial score (nSPS) is 9.25. The summed E-state index contributed by atoms with van der Waals surface area (Å²) in [6, 6.07) is 0. The van der Waals surface area contributed by atoms with Crippen molar-refractivity contribution in [2.75, 3.05) is 0 Å². The van der Waals surface area contributed by atoms with Crippen LogP contribution in [0.5, 0.6) is 0 Å². The number of hydrogen-bond donors (Lipinski definition) is 1. The molecule has 1 nitrogen and oxygen atoms in total. The molecule has 0 bridgehead atoms. The van der Waals surface area contributed by atoms with Gasteiger partial charge in [0, 0.05) is 0 Å². The molecule has 0 spiro atoms. The van der Waals surface area contributed by atoms with Gasteiger partial charge in [-0.05, 0) is 0 Å². The van der Waals surface area contributed by atoms with Gasteiger partial charge in [-0.2, -0.15) is 0 Å². The number of aliphatic hydroxyl groups excluding tert-OH is 1. The molecule has 0 aliphatic heterocycles. The van der Waals surface area contributed by atoms with Crippen molar-refractivity contribution in [2.45, 2.75) is 6.92 Å². The molecule has 1 N–H and O–H groups in total. The van der Waals surface area contributed by atoms with E-state index in [1.807, 2.05) is 0 Å². The Labute approximate surface area is 60.0 Å². The molecule has 19 valence electrons. The monoisotopic (exact) mass is 83.0 g/mol. The summed E-state index contributed by atoms with van der Waals surface area (Å²) in [6.07, 6.45) is 0. The molecule has 0 saturated heterocycles. The number of hydrogen-bond acceptors (Lipinski definition) is 1. The second-order valence-corrected chi connectivity index (χ2v) is 3.21. The molecule has 0 aromatic carbocycles. The van der Waals surface area contributed by atoms with E-state index in [9.17, 15) is 0 Å². The van der Waals surface area contributed by atoms with Gasteiger partial charge in [0.2, 0.25) is 0 Å². The summed E-state index contributed by atoms with van der Waals surface area (Å²) in [5.41, 5.74) is 0. The van der Waals surface area contributed by atoms with Crippen LogP contribution in [-0.2, 0) is 0 Å². The summed E-state index contributed by atoms with van der Waals surface area (Å²) in [5, 5.41) is 8.06. The number of aliphatic hydroxyl groups is 1. The van der Waals surface area contributed by atoms with Crippen LogP contribution in [0.25, 0.3) is 0 Å². The second kappa shape index (κ2) is 2.81. The SMILES string of the molecule is C[C](O)[K]. The van der Waals surface area contributed by atoms with E-state index in [0.29, 0.717) is 49.2 Å². The number of rotatable bonds is 0. The van der Waals surface area contributed by atoms with Crippen LogP contribution in [0.15, 0.2) is 0 Å². The Morgan fingerprint density at radius 3 is 2.00 bits per heavy atom. The fraction of sp³-hybridized carbons (Fsp3) is 0.500. The van der Waals surface area contributed by atoms with E-state index in [2.05, 4.69) is 0 Å². The summed E-state index contributed by atoms with van der Waals surface area (Å²) < 4.78 is 0.604. The van der Waals surface area contributed by atoms with E-state index < -0.39 is 0 Å². The van der Waals surface area contributed by atoms with E-state index in [1.54, 1.807) is 6.92 Å². The molecule has 0 saturated carbocycles. The van der Waals surface area contributed by atoms with Crippen LogP contribution in [-0.4, -0.2) is 54.1 Å². The predicted molar refractivity (Wildman–Crippen MR) is 16.6 cm³/mol. The van der Waals surface area contributed by atoms with E-state index in [4.69, 9.17) is 5.11 Å². The first kappa shape index (κ1) is 5.60. The molecule has 0 rings (SSSR count). The van der Waals surface area contributed by atoms with Crippen molar-refractivity contribution >= 4 is 49.0 Å². The van der Waals surface area contributed by atoms with Crippen molar-refractivity contribution in [2.24, 2.45) is 0 Å². The summed E-state index contributed by atoms with van der Waals surface area (Å²) in [7, 11) is 0. The van der Waals surface area contributed by atoms with Gasteiger partial charge in [0.15, 0.2) is 0 Å². The summed E-state index contributed by atoms with van der Waals surface area (Å²) in [5.74, 6) is 0. The van der Waals surface area contributed by atoms with Gasteiger partial charge >= 0.3 is 61.2 Å². The van der Waals surface area contributed by atoms with E-state index in [0.717, 1.165) is 0 Å². The molecule has 0 atom stereocenters. The van der Waals surface area contributed by atoms with Crippen LogP contribution in [0.2, 0.25) is 0 Å². The first-order valence-electron chi connectivity index (χ1n) is 1.22. The molecule has 1 radical (unpaired) electrons. The molecule has 4 heavy (non-hydrogen) atoms. The Morgan fingerprint density at radius 2 is 2.00 bits per heavy atom. The quantitative estimate of drug-likeness (QED) is 0.410. The Morgan fingerprint density at radius 1 is 2.00 bits per heavy atom. The van der Waals surface area contributed by atoms with Gasteiger partial charge in [-0.25, -0.2) is 0 Å². The molecule has 0 unspecified atom stereocenters. The van der Waals surface area contributed by atoms with Crippen molar-refractivity contribution in [3.8, 4) is 0 Å². The van der Waals surface area contributed by atoms with Gasteiger partial charge in [0.1, 0.15) is 0 Å². The first-order chi connectivity index (χ1) is 1.73. The minimum absolute atomic E-state index is 0.535. The summed E-state index contributed by atoms with van der Waals surface area (Å²) >= 11 is 0.535. The van der Waals surface area contributed by atoms with Crippen molar-refractivity contribution in [3.63, 3.8) is 0 Å². The van der Waals surface area contributed by atoms with Gasteiger partial charge in [0.25, 0.3) is 0 Å². The van der Waals surface area contributed by atoms with Crippen LogP contribution in [0.3, 0.4) is 0 Å². The van der Waals surface area contributed by atoms with Crippen LogP contribution in [0.4, 0.5) is 0 Å². The molecule has 2 heteroatoms. The van der Waals surface area contributed by atoms with Crippen molar-refractivity contribution in [1.29, 1.82) is 0 Å².